The van der Waals surface area contributed by atoms with E-state index in [-0.39, 0.29) is 11.7 Å². The van der Waals surface area contributed by atoms with Crippen LogP contribution < -0.4 is 5.32 Å². The molecule has 0 heterocycles. The second kappa shape index (κ2) is 6.83. The van der Waals surface area contributed by atoms with Gasteiger partial charge in [-0.2, -0.15) is 0 Å². The summed E-state index contributed by atoms with van der Waals surface area (Å²) in [4.78, 5) is 20.3. The Morgan fingerprint density at radius 3 is 1.86 bits per heavy atom. The molecule has 76 valence electrons. The lowest BCUT2D eigenvalue weighted by Gasteiger charge is -1.96. The fourth-order valence-corrected chi connectivity index (χ4v) is 0.734. The molecular formula is C11H15NO2. The molecule has 0 spiro atoms. The summed E-state index contributed by atoms with van der Waals surface area (Å²) in [6.07, 6.45) is 0. The van der Waals surface area contributed by atoms with Gasteiger partial charge in [-0.3, -0.25) is 4.79 Å². The topological polar surface area (TPSA) is 46.2 Å². The van der Waals surface area contributed by atoms with Crippen LogP contribution in [0.3, 0.4) is 0 Å². The number of nitrogens with one attached hydrogen (secondary N) is 1. The van der Waals surface area contributed by atoms with E-state index in [0.29, 0.717) is 5.56 Å². The van der Waals surface area contributed by atoms with Crippen LogP contribution in [0.2, 0.25) is 0 Å². The standard InChI is InChI=1S/C8H9NO.C3H6O/c1-9-8(10)7-5-3-2-4-6-7;1-3(2)4/h2-6H,1H3,(H,9,10);1-2H3. The normalized spacial score (nSPS) is 8.21. The molecule has 0 radical (unpaired) electrons. The van der Waals surface area contributed by atoms with Crippen molar-refractivity contribution in [2.24, 2.45) is 0 Å². The number of carbonyl (C=O) groups excluding carboxylic acids is 2. The Kier molecular flexibility index (Phi) is 6.03. The van der Waals surface area contributed by atoms with Crippen LogP contribution in [-0.4, -0.2) is 18.7 Å². The molecule has 0 aliphatic rings. The van der Waals surface area contributed by atoms with Crippen molar-refractivity contribution in [2.45, 2.75) is 13.8 Å². The molecule has 0 unspecified atom stereocenters. The van der Waals surface area contributed by atoms with Crippen molar-refractivity contribution in [3.63, 3.8) is 0 Å². The zero-order valence-electron chi connectivity index (χ0n) is 8.70. The molecular weight excluding hydrogens is 178 g/mol. The van der Waals surface area contributed by atoms with E-state index in [4.69, 9.17) is 0 Å². The third kappa shape index (κ3) is 5.94. The molecule has 0 bridgehead atoms. The monoisotopic (exact) mass is 193 g/mol. The summed E-state index contributed by atoms with van der Waals surface area (Å²) in [6, 6.07) is 9.11. The third-order valence-electron chi connectivity index (χ3n) is 1.26. The highest BCUT2D eigenvalue weighted by Gasteiger charge is 1.97. The van der Waals surface area contributed by atoms with Crippen LogP contribution in [0, 0.1) is 0 Å². The van der Waals surface area contributed by atoms with E-state index in [1.54, 1.807) is 19.2 Å². The van der Waals surface area contributed by atoms with E-state index < -0.39 is 0 Å². The number of amides is 1. The minimum Gasteiger partial charge on any atom is -0.355 e. The van der Waals surface area contributed by atoms with Gasteiger partial charge in [-0.05, 0) is 26.0 Å². The Labute approximate surface area is 84.1 Å². The van der Waals surface area contributed by atoms with Crippen LogP contribution in [-0.2, 0) is 4.79 Å². The molecule has 1 aromatic rings. The van der Waals surface area contributed by atoms with Crippen molar-refractivity contribution in [3.05, 3.63) is 35.9 Å². The van der Waals surface area contributed by atoms with E-state index in [2.05, 4.69) is 5.32 Å². The van der Waals surface area contributed by atoms with Gasteiger partial charge in [-0.1, -0.05) is 18.2 Å². The van der Waals surface area contributed by atoms with E-state index in [1.165, 1.54) is 13.8 Å². The average Bonchev–Trinajstić information content (AvgIpc) is 2.17. The molecule has 1 aromatic carbocycles. The second-order valence-electron chi connectivity index (χ2n) is 2.85. The van der Waals surface area contributed by atoms with Gasteiger partial charge in [0.1, 0.15) is 5.78 Å². The van der Waals surface area contributed by atoms with Gasteiger partial charge < -0.3 is 10.1 Å². The lowest BCUT2D eigenvalue weighted by atomic mass is 10.2. The number of benzene rings is 1. The minimum atomic E-state index is -0.0411. The summed E-state index contributed by atoms with van der Waals surface area (Å²) in [5.74, 6) is 0.126. The Morgan fingerprint density at radius 1 is 1.07 bits per heavy atom. The Hall–Kier alpha value is -1.64. The molecule has 0 aliphatic carbocycles. The van der Waals surface area contributed by atoms with Crippen molar-refractivity contribution in [1.29, 1.82) is 0 Å². The first-order valence-electron chi connectivity index (χ1n) is 4.32. The van der Waals surface area contributed by atoms with Crippen molar-refractivity contribution < 1.29 is 9.59 Å². The van der Waals surface area contributed by atoms with E-state index in [0.717, 1.165) is 0 Å². The summed E-state index contributed by atoms with van der Waals surface area (Å²) in [5, 5.41) is 2.54. The smallest absolute Gasteiger partial charge is 0.251 e. The third-order valence-corrected chi connectivity index (χ3v) is 1.26. The molecule has 1 amide bonds. The number of rotatable bonds is 1. The Bertz CT molecular complexity index is 289. The first kappa shape index (κ1) is 12.4. The van der Waals surface area contributed by atoms with Crippen LogP contribution in [0.15, 0.2) is 30.3 Å². The highest BCUT2D eigenvalue weighted by Crippen LogP contribution is 1.96. The van der Waals surface area contributed by atoms with Crippen LogP contribution in [0.1, 0.15) is 24.2 Å². The quantitative estimate of drug-likeness (QED) is 0.737. The van der Waals surface area contributed by atoms with Gasteiger partial charge in [0, 0.05) is 12.6 Å². The minimum absolute atomic E-state index is 0.0411. The van der Waals surface area contributed by atoms with Crippen LogP contribution in [0.25, 0.3) is 0 Å². The molecule has 1 N–H and O–H groups in total. The number of hydrogen-bond donors (Lipinski definition) is 1. The second-order valence-corrected chi connectivity index (χ2v) is 2.85. The number of hydrogen-bond acceptors (Lipinski definition) is 2. The summed E-state index contributed by atoms with van der Waals surface area (Å²) < 4.78 is 0. The SMILES string of the molecule is CC(C)=O.CNC(=O)c1ccccc1. The maximum atomic E-state index is 10.9. The first-order chi connectivity index (χ1) is 6.57. The molecule has 0 aliphatic heterocycles. The van der Waals surface area contributed by atoms with Crippen molar-refractivity contribution >= 4 is 11.7 Å². The fourth-order valence-electron chi connectivity index (χ4n) is 0.734. The van der Waals surface area contributed by atoms with E-state index >= 15 is 0 Å². The Balaban J connectivity index is 0.000000364. The first-order valence-corrected chi connectivity index (χ1v) is 4.32. The van der Waals surface area contributed by atoms with Crippen molar-refractivity contribution in [2.75, 3.05) is 7.05 Å². The highest BCUT2D eigenvalue weighted by atomic mass is 16.1. The molecule has 3 nitrogen and oxygen atoms in total. The molecule has 0 saturated carbocycles. The summed E-state index contributed by atoms with van der Waals surface area (Å²) in [5.41, 5.74) is 0.699. The molecule has 3 heteroatoms. The van der Waals surface area contributed by atoms with Crippen LogP contribution in [0.5, 0.6) is 0 Å². The fraction of sp³-hybridized carbons (Fsp3) is 0.273. The molecule has 0 atom stereocenters. The molecule has 0 saturated heterocycles. The lowest BCUT2D eigenvalue weighted by molar-refractivity contribution is -0.114. The Morgan fingerprint density at radius 2 is 1.50 bits per heavy atom. The molecule has 14 heavy (non-hydrogen) atoms. The van der Waals surface area contributed by atoms with Crippen molar-refractivity contribution in [1.82, 2.24) is 5.32 Å². The largest absolute Gasteiger partial charge is 0.355 e. The average molecular weight is 193 g/mol. The zero-order valence-corrected chi connectivity index (χ0v) is 8.70. The summed E-state index contributed by atoms with van der Waals surface area (Å²) in [7, 11) is 1.62. The van der Waals surface area contributed by atoms with E-state index in [9.17, 15) is 9.59 Å². The van der Waals surface area contributed by atoms with Crippen molar-refractivity contribution in [3.8, 4) is 0 Å². The summed E-state index contributed by atoms with van der Waals surface area (Å²) in [6.45, 7) is 3.06. The lowest BCUT2D eigenvalue weighted by Crippen LogP contribution is -2.17. The maximum Gasteiger partial charge on any atom is 0.251 e. The van der Waals surface area contributed by atoms with Gasteiger partial charge in [0.15, 0.2) is 0 Å². The number of carbonyl (C=O) groups is 2. The molecule has 1 rings (SSSR count). The van der Waals surface area contributed by atoms with Gasteiger partial charge in [0.25, 0.3) is 5.91 Å². The predicted octanol–water partition coefficient (Wildman–Crippen LogP) is 1.64. The van der Waals surface area contributed by atoms with Gasteiger partial charge in [0.05, 0.1) is 0 Å². The highest BCUT2D eigenvalue weighted by molar-refractivity contribution is 5.93. The number of Topliss-reactive ketones (excluding diaryl/α,β-unsaturated/α-hetero) is 1. The van der Waals surface area contributed by atoms with Gasteiger partial charge in [-0.15, -0.1) is 0 Å². The van der Waals surface area contributed by atoms with Gasteiger partial charge in [0.2, 0.25) is 0 Å². The van der Waals surface area contributed by atoms with Crippen LogP contribution in [0.4, 0.5) is 0 Å². The zero-order chi connectivity index (χ0) is 11.0. The molecule has 0 aromatic heterocycles. The van der Waals surface area contributed by atoms with Crippen LogP contribution >= 0.6 is 0 Å². The van der Waals surface area contributed by atoms with Gasteiger partial charge >= 0.3 is 0 Å². The maximum absolute atomic E-state index is 10.9. The van der Waals surface area contributed by atoms with Gasteiger partial charge in [-0.25, -0.2) is 0 Å². The molecule has 0 fully saturated rings. The number of ketones is 1. The predicted molar refractivity (Wildman–Crippen MR) is 56.2 cm³/mol. The summed E-state index contributed by atoms with van der Waals surface area (Å²) >= 11 is 0. The van der Waals surface area contributed by atoms with E-state index in [1.807, 2.05) is 18.2 Å².